The van der Waals surface area contributed by atoms with Gasteiger partial charge in [-0.25, -0.2) is 13.9 Å². The van der Waals surface area contributed by atoms with Crippen LogP contribution in [0, 0.1) is 0 Å². The van der Waals surface area contributed by atoms with E-state index in [1.807, 2.05) is 0 Å². The predicted molar refractivity (Wildman–Crippen MR) is 96.8 cm³/mol. The van der Waals surface area contributed by atoms with Crippen LogP contribution in [0.4, 0.5) is 9.18 Å². The van der Waals surface area contributed by atoms with Crippen LogP contribution in [0.5, 0.6) is 0 Å². The molecule has 1 aliphatic carbocycles. The number of aliphatic imine (C=N–C) groups is 1. The molecule has 1 aromatic rings. The quantitative estimate of drug-likeness (QED) is 0.552. The van der Waals surface area contributed by atoms with Crippen molar-refractivity contribution in [2.75, 3.05) is 6.54 Å². The van der Waals surface area contributed by atoms with Crippen molar-refractivity contribution in [3.63, 3.8) is 0 Å². The molecule has 136 valence electrons. The van der Waals surface area contributed by atoms with Crippen LogP contribution < -0.4 is 10.0 Å². The van der Waals surface area contributed by atoms with Gasteiger partial charge in [0.1, 0.15) is 5.83 Å². The number of fused-ring (bicyclic) bond motifs is 2. The number of hydrogen-bond donors (Lipinski definition) is 5. The predicted octanol–water partition coefficient (Wildman–Crippen LogP) is 3.60. The third-order valence-corrected chi connectivity index (χ3v) is 6.08. The number of rotatable bonds is 3. The molecule has 5 N–H and O–H groups in total. The van der Waals surface area contributed by atoms with Crippen molar-refractivity contribution < 1.29 is 23.4 Å². The van der Waals surface area contributed by atoms with E-state index < -0.39 is 22.9 Å². The molecule has 0 aromatic heterocycles. The van der Waals surface area contributed by atoms with Crippen LogP contribution >= 0.6 is 10.8 Å². The molecule has 0 bridgehead atoms. The molecule has 3 aliphatic rings. The molecule has 0 saturated heterocycles. The number of nitrogens with zero attached hydrogens (tertiary/aromatic N) is 1. The fourth-order valence-corrected chi connectivity index (χ4v) is 4.82. The summed E-state index contributed by atoms with van der Waals surface area (Å²) in [6.07, 6.45) is 3.73. The third-order valence-electron chi connectivity index (χ3n) is 4.48. The number of benzene rings is 1. The van der Waals surface area contributed by atoms with Crippen molar-refractivity contribution in [1.82, 2.24) is 10.0 Å². The molecule has 26 heavy (non-hydrogen) atoms. The zero-order chi connectivity index (χ0) is 18.5. The van der Waals surface area contributed by atoms with E-state index in [-0.39, 0.29) is 18.8 Å². The van der Waals surface area contributed by atoms with Crippen LogP contribution in [-0.2, 0) is 0 Å². The van der Waals surface area contributed by atoms with Gasteiger partial charge in [-0.05, 0) is 35.4 Å². The molecular weight excluding hydrogens is 361 g/mol. The number of nitrogens with one attached hydrogen (secondary N) is 2. The van der Waals surface area contributed by atoms with Crippen LogP contribution in [0.2, 0.25) is 0 Å². The molecule has 7 nitrogen and oxygen atoms in total. The van der Waals surface area contributed by atoms with E-state index in [1.165, 1.54) is 6.08 Å². The lowest BCUT2D eigenvalue weighted by atomic mass is 9.91. The first-order valence-electron chi connectivity index (χ1n) is 7.86. The van der Waals surface area contributed by atoms with Crippen molar-refractivity contribution in [3.8, 4) is 0 Å². The summed E-state index contributed by atoms with van der Waals surface area (Å²) in [7, 11) is -3.18. The summed E-state index contributed by atoms with van der Waals surface area (Å²) in [6.45, 7) is -0.000893. The van der Waals surface area contributed by atoms with Gasteiger partial charge >= 0.3 is 6.09 Å². The lowest BCUT2D eigenvalue weighted by molar-refractivity contribution is 0.193. The maximum Gasteiger partial charge on any atom is 0.404 e. The van der Waals surface area contributed by atoms with Crippen LogP contribution in [0.3, 0.4) is 0 Å². The molecule has 2 aliphatic heterocycles. The molecule has 1 atom stereocenters. The van der Waals surface area contributed by atoms with Crippen molar-refractivity contribution >= 4 is 28.2 Å². The number of carboxylic acid groups (broad SMARTS) is 1. The van der Waals surface area contributed by atoms with Gasteiger partial charge in [-0.3, -0.25) is 14.1 Å². The fraction of sp³-hybridized carbons (Fsp3) is 0.176. The van der Waals surface area contributed by atoms with Crippen molar-refractivity contribution in [3.05, 3.63) is 59.1 Å². The van der Waals surface area contributed by atoms with Gasteiger partial charge in [0.05, 0.1) is 16.6 Å². The summed E-state index contributed by atoms with van der Waals surface area (Å²) in [5.41, 5.74) is 3.73. The molecule has 0 spiro atoms. The summed E-state index contributed by atoms with van der Waals surface area (Å²) < 4.78 is 36.5. The molecule has 2 heterocycles. The van der Waals surface area contributed by atoms with E-state index in [0.29, 0.717) is 16.2 Å². The topological polar surface area (TPSA) is 114 Å². The Kier molecular flexibility index (Phi) is 3.96. The molecule has 1 aromatic carbocycles. The minimum absolute atomic E-state index is 0.000893. The average molecular weight is 377 g/mol. The minimum atomic E-state index is -3.18. The monoisotopic (exact) mass is 377 g/mol. The lowest BCUT2D eigenvalue weighted by Gasteiger charge is -2.28. The van der Waals surface area contributed by atoms with Gasteiger partial charge in [0, 0.05) is 30.3 Å². The second-order valence-electron chi connectivity index (χ2n) is 6.15. The molecule has 0 fully saturated rings. The number of carbonyl (C=O) groups is 1. The first kappa shape index (κ1) is 17.0. The number of hydrogen-bond acceptors (Lipinski definition) is 5. The average Bonchev–Trinajstić information content (AvgIpc) is 3.11. The lowest BCUT2D eigenvalue weighted by Crippen LogP contribution is -2.31. The number of halogens is 1. The van der Waals surface area contributed by atoms with E-state index in [4.69, 9.17) is 5.11 Å². The zero-order valence-electron chi connectivity index (χ0n) is 13.4. The van der Waals surface area contributed by atoms with Crippen LogP contribution in [0.25, 0.3) is 5.57 Å². The maximum absolute atomic E-state index is 13.4. The second-order valence-corrected chi connectivity index (χ2v) is 7.92. The SMILES string of the molecule is O=C(O)NCC1NS(O)(O)c2ccc(C3=CN=C4CC(F)=CC=C34)cc21. The molecule has 1 unspecified atom stereocenters. The first-order chi connectivity index (χ1) is 12.3. The van der Waals surface area contributed by atoms with Crippen LogP contribution in [0.1, 0.15) is 23.6 Å². The number of amides is 1. The van der Waals surface area contributed by atoms with E-state index in [1.54, 1.807) is 30.5 Å². The Morgan fingerprint density at radius 2 is 2.15 bits per heavy atom. The van der Waals surface area contributed by atoms with Gasteiger partial charge in [-0.15, -0.1) is 10.8 Å². The Bertz CT molecular complexity index is 936. The highest BCUT2D eigenvalue weighted by molar-refractivity contribution is 8.22. The van der Waals surface area contributed by atoms with Crippen molar-refractivity contribution in [2.45, 2.75) is 17.4 Å². The van der Waals surface area contributed by atoms with Gasteiger partial charge in [0.15, 0.2) is 0 Å². The minimum Gasteiger partial charge on any atom is -0.465 e. The second kappa shape index (κ2) is 6.06. The molecular formula is C17H16FN3O4S. The summed E-state index contributed by atoms with van der Waals surface area (Å²) in [6, 6.07) is 4.59. The summed E-state index contributed by atoms with van der Waals surface area (Å²) in [5, 5.41) is 11.1. The molecule has 4 rings (SSSR count). The highest BCUT2D eigenvalue weighted by Crippen LogP contribution is 2.55. The fourth-order valence-electron chi connectivity index (χ4n) is 3.30. The van der Waals surface area contributed by atoms with Gasteiger partial charge in [-0.1, -0.05) is 6.07 Å². The molecule has 0 radical (unpaired) electrons. The highest BCUT2D eigenvalue weighted by atomic mass is 32.3. The zero-order valence-corrected chi connectivity index (χ0v) is 14.3. The van der Waals surface area contributed by atoms with Crippen LogP contribution in [-0.4, -0.2) is 32.6 Å². The Morgan fingerprint density at radius 3 is 2.92 bits per heavy atom. The molecule has 1 amide bonds. The summed E-state index contributed by atoms with van der Waals surface area (Å²) in [5.74, 6) is -0.242. The van der Waals surface area contributed by atoms with Crippen molar-refractivity contribution in [1.29, 1.82) is 0 Å². The Hall–Kier alpha value is -2.46. The van der Waals surface area contributed by atoms with Gasteiger partial charge in [0.2, 0.25) is 0 Å². The van der Waals surface area contributed by atoms with Gasteiger partial charge in [0.25, 0.3) is 0 Å². The van der Waals surface area contributed by atoms with E-state index in [9.17, 15) is 18.3 Å². The van der Waals surface area contributed by atoms with E-state index >= 15 is 0 Å². The van der Waals surface area contributed by atoms with Crippen LogP contribution in [0.15, 0.2) is 57.8 Å². The Morgan fingerprint density at radius 1 is 1.35 bits per heavy atom. The molecule has 9 heteroatoms. The molecule has 0 saturated carbocycles. The smallest absolute Gasteiger partial charge is 0.404 e. The third kappa shape index (κ3) is 2.84. The summed E-state index contributed by atoms with van der Waals surface area (Å²) in [4.78, 5) is 15.4. The number of allylic oxidation sites excluding steroid dienone is 5. The van der Waals surface area contributed by atoms with Gasteiger partial charge < -0.3 is 10.4 Å². The maximum atomic E-state index is 13.4. The van der Waals surface area contributed by atoms with E-state index in [2.05, 4.69) is 15.0 Å². The first-order valence-corrected chi connectivity index (χ1v) is 9.40. The Labute approximate surface area is 150 Å². The largest absolute Gasteiger partial charge is 0.465 e. The standard InChI is InChI=1S/C17H16FN3O4S/c18-10-2-3-11-13(7-19-14(11)6-10)9-1-4-16-12(5-9)15(8-20-17(22)23)21-26(16,24)25/h1-5,7,15,20-21,24-25H,6,8H2,(H,22,23). The van der Waals surface area contributed by atoms with Crippen molar-refractivity contribution in [2.24, 2.45) is 4.99 Å². The highest BCUT2D eigenvalue weighted by Gasteiger charge is 2.35. The normalized spacial score (nSPS) is 23.9. The summed E-state index contributed by atoms with van der Waals surface area (Å²) >= 11 is 0. The Balaban J connectivity index is 1.69. The van der Waals surface area contributed by atoms with E-state index in [0.717, 1.165) is 16.7 Å². The van der Waals surface area contributed by atoms with Gasteiger partial charge in [-0.2, -0.15) is 0 Å².